The summed E-state index contributed by atoms with van der Waals surface area (Å²) in [5.74, 6) is -2.47. The lowest BCUT2D eigenvalue weighted by molar-refractivity contribution is -0.149. The third-order valence-electron chi connectivity index (χ3n) is 6.95. The van der Waals surface area contributed by atoms with E-state index in [1.807, 2.05) is 19.2 Å². The summed E-state index contributed by atoms with van der Waals surface area (Å²) in [5.41, 5.74) is 9.05. The van der Waals surface area contributed by atoms with Gasteiger partial charge in [0.2, 0.25) is 5.91 Å². The standard InChI is InChI=1S/C22H28N2O4S/c1-10(2)17-13-6-7-14(17)19(22(27)28)18(13)21(26)24-23-20(25)15-9-29-16-8-11(3)4-5-12(15)16/h9,11,13-14,18-19H,4-8H2,1-3H3,(H,23,25)(H,24,26)(H,27,28)/t11-,13+,14+,18-,19-/m0/s1. The summed E-state index contributed by atoms with van der Waals surface area (Å²) in [4.78, 5) is 38.8. The van der Waals surface area contributed by atoms with Gasteiger partial charge in [0.15, 0.2) is 0 Å². The first kappa shape index (κ1) is 20.1. The third-order valence-corrected chi connectivity index (χ3v) is 8.00. The topological polar surface area (TPSA) is 95.5 Å². The van der Waals surface area contributed by atoms with Crippen molar-refractivity contribution in [2.24, 2.45) is 29.6 Å². The Morgan fingerprint density at radius 2 is 1.76 bits per heavy atom. The van der Waals surface area contributed by atoms with E-state index >= 15 is 0 Å². The number of nitrogens with one attached hydrogen (secondary N) is 2. The van der Waals surface area contributed by atoms with Gasteiger partial charge in [0.05, 0.1) is 17.4 Å². The van der Waals surface area contributed by atoms with Crippen LogP contribution in [-0.2, 0) is 22.4 Å². The molecule has 7 heteroatoms. The van der Waals surface area contributed by atoms with Crippen molar-refractivity contribution in [1.82, 2.24) is 10.9 Å². The molecular weight excluding hydrogens is 388 g/mol. The van der Waals surface area contributed by atoms with E-state index in [-0.39, 0.29) is 17.7 Å². The normalized spacial score (nSPS) is 30.0. The van der Waals surface area contributed by atoms with Crippen molar-refractivity contribution in [3.05, 3.63) is 32.5 Å². The maximum atomic E-state index is 12.9. The van der Waals surface area contributed by atoms with E-state index < -0.39 is 23.7 Å². The maximum Gasteiger partial charge on any atom is 0.307 e. The number of carboxylic acid groups (broad SMARTS) is 1. The van der Waals surface area contributed by atoms with Crippen LogP contribution in [0, 0.1) is 29.6 Å². The molecule has 2 bridgehead atoms. The molecule has 1 heterocycles. The number of carbonyl (C=O) groups is 3. The molecule has 2 saturated carbocycles. The molecule has 5 atom stereocenters. The Labute approximate surface area is 174 Å². The number of rotatable bonds is 3. The predicted octanol–water partition coefficient (Wildman–Crippen LogP) is 3.33. The fourth-order valence-electron chi connectivity index (χ4n) is 5.74. The van der Waals surface area contributed by atoms with Crippen LogP contribution in [-0.4, -0.2) is 22.9 Å². The summed E-state index contributed by atoms with van der Waals surface area (Å²) in [7, 11) is 0. The van der Waals surface area contributed by atoms with Gasteiger partial charge < -0.3 is 5.11 Å². The number of allylic oxidation sites excluding steroid dienone is 2. The molecule has 0 radical (unpaired) electrons. The zero-order valence-corrected chi connectivity index (χ0v) is 17.9. The SMILES string of the molecule is CC(C)=C1[C@H]2CC[C@H]1[C@H](C(=O)NNC(=O)c1csc3c1CC[C@H](C)C3)[C@H]2C(=O)O. The number of fused-ring (bicyclic) bond motifs is 3. The maximum absolute atomic E-state index is 12.9. The molecule has 2 fully saturated rings. The van der Waals surface area contributed by atoms with Crippen LogP contribution >= 0.6 is 11.3 Å². The average molecular weight is 417 g/mol. The molecular formula is C22H28N2O4S. The minimum atomic E-state index is -0.927. The van der Waals surface area contributed by atoms with Gasteiger partial charge in [-0.2, -0.15) is 0 Å². The molecule has 2 amide bonds. The van der Waals surface area contributed by atoms with E-state index in [1.165, 1.54) is 4.88 Å². The number of carbonyl (C=O) groups excluding carboxylic acids is 2. The second-order valence-corrected chi connectivity index (χ2v) is 9.94. The van der Waals surface area contributed by atoms with Crippen molar-refractivity contribution in [3.8, 4) is 0 Å². The summed E-state index contributed by atoms with van der Waals surface area (Å²) in [6.07, 6.45) is 4.59. The monoisotopic (exact) mass is 416 g/mol. The smallest absolute Gasteiger partial charge is 0.307 e. The Morgan fingerprint density at radius 3 is 2.41 bits per heavy atom. The predicted molar refractivity (Wildman–Crippen MR) is 110 cm³/mol. The minimum Gasteiger partial charge on any atom is -0.481 e. The fourth-order valence-corrected chi connectivity index (χ4v) is 6.99. The van der Waals surface area contributed by atoms with E-state index in [0.717, 1.165) is 48.8 Å². The van der Waals surface area contributed by atoms with Crippen LogP contribution in [0.2, 0.25) is 0 Å². The molecule has 6 nitrogen and oxygen atoms in total. The van der Waals surface area contributed by atoms with E-state index in [9.17, 15) is 19.5 Å². The van der Waals surface area contributed by atoms with Crippen molar-refractivity contribution in [3.63, 3.8) is 0 Å². The highest BCUT2D eigenvalue weighted by molar-refractivity contribution is 7.10. The Hall–Kier alpha value is -2.15. The number of amides is 2. The quantitative estimate of drug-likeness (QED) is 0.520. The minimum absolute atomic E-state index is 0.0432. The van der Waals surface area contributed by atoms with Gasteiger partial charge in [0.1, 0.15) is 0 Å². The van der Waals surface area contributed by atoms with Gasteiger partial charge in [0, 0.05) is 10.3 Å². The van der Waals surface area contributed by atoms with Crippen molar-refractivity contribution < 1.29 is 19.5 Å². The van der Waals surface area contributed by atoms with Gasteiger partial charge in [-0.15, -0.1) is 11.3 Å². The number of aliphatic carboxylic acids is 1. The largest absolute Gasteiger partial charge is 0.481 e. The highest BCUT2D eigenvalue weighted by Gasteiger charge is 2.57. The zero-order chi connectivity index (χ0) is 20.9. The summed E-state index contributed by atoms with van der Waals surface area (Å²) in [5, 5.41) is 11.6. The van der Waals surface area contributed by atoms with Crippen LogP contribution in [0.5, 0.6) is 0 Å². The Balaban J connectivity index is 1.47. The molecule has 4 rings (SSSR count). The van der Waals surface area contributed by atoms with Gasteiger partial charge in [-0.3, -0.25) is 25.2 Å². The van der Waals surface area contributed by atoms with E-state index in [0.29, 0.717) is 11.5 Å². The van der Waals surface area contributed by atoms with Gasteiger partial charge in [-0.05, 0) is 69.3 Å². The Kier molecular flexibility index (Phi) is 5.27. The molecule has 0 unspecified atom stereocenters. The first-order valence-corrected chi connectivity index (χ1v) is 11.3. The van der Waals surface area contributed by atoms with Crippen molar-refractivity contribution in [1.29, 1.82) is 0 Å². The molecule has 29 heavy (non-hydrogen) atoms. The highest BCUT2D eigenvalue weighted by atomic mass is 32.1. The second kappa shape index (κ2) is 7.59. The van der Waals surface area contributed by atoms with Crippen LogP contribution in [0.15, 0.2) is 16.5 Å². The lowest BCUT2D eigenvalue weighted by Crippen LogP contribution is -2.48. The van der Waals surface area contributed by atoms with E-state index in [1.54, 1.807) is 11.3 Å². The van der Waals surface area contributed by atoms with Crippen molar-refractivity contribution in [2.45, 2.75) is 52.9 Å². The number of hydrazine groups is 1. The molecule has 3 aliphatic rings. The lowest BCUT2D eigenvalue weighted by atomic mass is 9.79. The Bertz CT molecular complexity index is 899. The van der Waals surface area contributed by atoms with Crippen molar-refractivity contribution in [2.75, 3.05) is 0 Å². The highest BCUT2D eigenvalue weighted by Crippen LogP contribution is 2.57. The van der Waals surface area contributed by atoms with Crippen LogP contribution < -0.4 is 10.9 Å². The molecule has 0 saturated heterocycles. The molecule has 3 aliphatic carbocycles. The van der Waals surface area contributed by atoms with E-state index in [2.05, 4.69) is 17.8 Å². The number of thiophene rings is 1. The fraction of sp³-hybridized carbons (Fsp3) is 0.591. The average Bonchev–Trinajstić information content (AvgIpc) is 3.36. The third kappa shape index (κ3) is 3.39. The lowest BCUT2D eigenvalue weighted by Gasteiger charge is -2.26. The first-order valence-electron chi connectivity index (χ1n) is 10.4. The van der Waals surface area contributed by atoms with E-state index in [4.69, 9.17) is 0 Å². The number of carboxylic acids is 1. The number of hydrogen-bond donors (Lipinski definition) is 3. The molecule has 0 spiro atoms. The summed E-state index contributed by atoms with van der Waals surface area (Å²) in [6.45, 7) is 6.20. The molecule has 1 aromatic heterocycles. The van der Waals surface area contributed by atoms with Gasteiger partial charge >= 0.3 is 5.97 Å². The molecule has 0 aliphatic heterocycles. The molecule has 0 aromatic carbocycles. The first-order chi connectivity index (χ1) is 13.8. The van der Waals surface area contributed by atoms with Crippen LogP contribution in [0.1, 0.15) is 60.8 Å². The summed E-state index contributed by atoms with van der Waals surface area (Å²) >= 11 is 1.60. The van der Waals surface area contributed by atoms with Gasteiger partial charge in [-0.25, -0.2) is 0 Å². The Morgan fingerprint density at radius 1 is 1.07 bits per heavy atom. The second-order valence-electron chi connectivity index (χ2n) is 8.98. The molecule has 3 N–H and O–H groups in total. The zero-order valence-electron chi connectivity index (χ0n) is 17.1. The van der Waals surface area contributed by atoms with Crippen LogP contribution in [0.3, 0.4) is 0 Å². The summed E-state index contributed by atoms with van der Waals surface area (Å²) in [6, 6.07) is 0. The number of hydrogen-bond acceptors (Lipinski definition) is 4. The van der Waals surface area contributed by atoms with Gasteiger partial charge in [0.25, 0.3) is 5.91 Å². The molecule has 156 valence electrons. The molecule has 1 aromatic rings. The van der Waals surface area contributed by atoms with Crippen LogP contribution in [0.25, 0.3) is 0 Å². The van der Waals surface area contributed by atoms with Gasteiger partial charge in [-0.1, -0.05) is 18.1 Å². The van der Waals surface area contributed by atoms with Crippen molar-refractivity contribution >= 4 is 29.1 Å². The van der Waals surface area contributed by atoms with Crippen LogP contribution in [0.4, 0.5) is 0 Å². The summed E-state index contributed by atoms with van der Waals surface area (Å²) < 4.78 is 0.